The van der Waals surface area contributed by atoms with Crippen LogP contribution < -0.4 is 9.62 Å². The van der Waals surface area contributed by atoms with E-state index in [-0.39, 0.29) is 15.6 Å². The maximum atomic E-state index is 13.4. The van der Waals surface area contributed by atoms with Crippen LogP contribution in [-0.2, 0) is 21.2 Å². The monoisotopic (exact) mass is 471 g/mol. The Hall–Kier alpha value is -3.24. The van der Waals surface area contributed by atoms with Gasteiger partial charge in [0.25, 0.3) is 15.9 Å². The zero-order valence-electron chi connectivity index (χ0n) is 17.5. The third-order valence-corrected chi connectivity index (χ3v) is 8.00. The summed E-state index contributed by atoms with van der Waals surface area (Å²) in [6.07, 6.45) is 1.55. The quantitative estimate of drug-likeness (QED) is 0.570. The van der Waals surface area contributed by atoms with Crippen molar-refractivity contribution >= 4 is 44.1 Å². The molecule has 32 heavy (non-hydrogen) atoms. The maximum absolute atomic E-state index is 13.4. The SMILES string of the molecule is COC(=O)c1sc(NC(=O)c2cccc(S(=O)(=O)N3CCCc4ccccc43)c2)nc1C. The van der Waals surface area contributed by atoms with Crippen molar-refractivity contribution in [1.29, 1.82) is 0 Å². The summed E-state index contributed by atoms with van der Waals surface area (Å²) in [5.41, 5.74) is 2.26. The molecule has 0 radical (unpaired) electrons. The van der Waals surface area contributed by atoms with Gasteiger partial charge in [0, 0.05) is 12.1 Å². The van der Waals surface area contributed by atoms with Crippen LogP contribution in [0, 0.1) is 6.92 Å². The maximum Gasteiger partial charge on any atom is 0.350 e. The molecule has 0 unspecified atom stereocenters. The molecule has 1 aliphatic heterocycles. The van der Waals surface area contributed by atoms with Crippen LogP contribution >= 0.6 is 11.3 Å². The fourth-order valence-electron chi connectivity index (χ4n) is 3.58. The Labute approximate surface area is 189 Å². The van der Waals surface area contributed by atoms with E-state index in [9.17, 15) is 18.0 Å². The Morgan fingerprint density at radius 2 is 1.94 bits per heavy atom. The van der Waals surface area contributed by atoms with Crippen LogP contribution in [0.1, 0.15) is 37.7 Å². The van der Waals surface area contributed by atoms with Gasteiger partial charge in [-0.25, -0.2) is 18.2 Å². The lowest BCUT2D eigenvalue weighted by Gasteiger charge is -2.30. The summed E-state index contributed by atoms with van der Waals surface area (Å²) in [4.78, 5) is 29.0. The van der Waals surface area contributed by atoms with Crippen molar-refractivity contribution in [3.8, 4) is 0 Å². The topological polar surface area (TPSA) is 106 Å². The number of hydrogen-bond acceptors (Lipinski definition) is 7. The summed E-state index contributed by atoms with van der Waals surface area (Å²) in [6.45, 7) is 2.02. The minimum Gasteiger partial charge on any atom is -0.465 e. The minimum absolute atomic E-state index is 0.0347. The summed E-state index contributed by atoms with van der Waals surface area (Å²) in [5.74, 6) is -1.05. The van der Waals surface area contributed by atoms with Gasteiger partial charge in [-0.2, -0.15) is 0 Å². The molecule has 0 saturated carbocycles. The molecule has 0 atom stereocenters. The molecule has 2 heterocycles. The molecular weight excluding hydrogens is 450 g/mol. The molecule has 1 amide bonds. The van der Waals surface area contributed by atoms with Crippen molar-refractivity contribution in [1.82, 2.24) is 4.98 Å². The van der Waals surface area contributed by atoms with Crippen molar-refractivity contribution in [2.45, 2.75) is 24.7 Å². The second-order valence-electron chi connectivity index (χ2n) is 7.22. The average molecular weight is 472 g/mol. The van der Waals surface area contributed by atoms with Gasteiger partial charge >= 0.3 is 5.97 Å². The van der Waals surface area contributed by atoms with E-state index in [2.05, 4.69) is 10.3 Å². The predicted octanol–water partition coefficient (Wildman–Crippen LogP) is 3.63. The van der Waals surface area contributed by atoms with Crippen LogP contribution in [0.2, 0.25) is 0 Å². The van der Waals surface area contributed by atoms with Gasteiger partial charge in [-0.15, -0.1) is 0 Å². The smallest absolute Gasteiger partial charge is 0.350 e. The minimum atomic E-state index is -3.84. The van der Waals surface area contributed by atoms with Gasteiger partial charge in [0.1, 0.15) is 4.88 Å². The number of carbonyl (C=O) groups is 2. The second-order valence-corrected chi connectivity index (χ2v) is 10.1. The van der Waals surface area contributed by atoms with Crippen LogP contribution in [0.5, 0.6) is 0 Å². The van der Waals surface area contributed by atoms with E-state index in [4.69, 9.17) is 4.74 Å². The summed E-state index contributed by atoms with van der Waals surface area (Å²) in [5, 5.41) is 2.85. The summed E-state index contributed by atoms with van der Waals surface area (Å²) in [7, 11) is -2.57. The molecule has 4 rings (SSSR count). The normalized spacial score (nSPS) is 13.4. The number of aryl methyl sites for hydroxylation is 2. The highest BCUT2D eigenvalue weighted by molar-refractivity contribution is 7.92. The second kappa shape index (κ2) is 8.71. The number of para-hydroxylation sites is 1. The van der Waals surface area contributed by atoms with E-state index in [1.165, 1.54) is 35.7 Å². The van der Waals surface area contributed by atoms with E-state index in [1.54, 1.807) is 13.0 Å². The number of esters is 1. The summed E-state index contributed by atoms with van der Waals surface area (Å²) < 4.78 is 32.8. The lowest BCUT2D eigenvalue weighted by Crippen LogP contribution is -2.35. The van der Waals surface area contributed by atoms with Crippen molar-refractivity contribution in [3.63, 3.8) is 0 Å². The fraction of sp³-hybridized carbons (Fsp3) is 0.227. The number of nitrogens with zero attached hydrogens (tertiary/aromatic N) is 2. The summed E-state index contributed by atoms with van der Waals surface area (Å²) >= 11 is 0.996. The van der Waals surface area contributed by atoms with E-state index >= 15 is 0 Å². The molecule has 1 aromatic heterocycles. The van der Waals surface area contributed by atoms with E-state index in [0.29, 0.717) is 22.8 Å². The molecule has 2 aromatic carbocycles. The fourth-order valence-corrected chi connectivity index (χ4v) is 6.04. The number of hydrogen-bond donors (Lipinski definition) is 1. The van der Waals surface area contributed by atoms with Gasteiger partial charge in [-0.3, -0.25) is 14.4 Å². The molecular formula is C22H21N3O5S2. The molecule has 10 heteroatoms. The Kier molecular flexibility index (Phi) is 5.98. The lowest BCUT2D eigenvalue weighted by atomic mass is 10.0. The molecule has 0 fully saturated rings. The highest BCUT2D eigenvalue weighted by atomic mass is 32.2. The highest BCUT2D eigenvalue weighted by Gasteiger charge is 2.29. The average Bonchev–Trinajstić information content (AvgIpc) is 3.18. The molecule has 0 saturated heterocycles. The molecule has 8 nitrogen and oxygen atoms in total. The number of methoxy groups -OCH3 is 1. The van der Waals surface area contributed by atoms with Crippen molar-refractivity contribution in [2.75, 3.05) is 23.3 Å². The molecule has 0 bridgehead atoms. The number of fused-ring (bicyclic) bond motifs is 1. The first kappa shape index (κ1) is 22.0. The van der Waals surface area contributed by atoms with Crippen LogP contribution in [0.25, 0.3) is 0 Å². The first-order valence-electron chi connectivity index (χ1n) is 9.89. The number of rotatable bonds is 5. The molecule has 1 aliphatic rings. The third kappa shape index (κ3) is 4.11. The van der Waals surface area contributed by atoms with Crippen LogP contribution in [0.3, 0.4) is 0 Å². The number of amides is 1. The third-order valence-electron chi connectivity index (χ3n) is 5.14. The number of thiazole rings is 1. The molecule has 3 aromatic rings. The van der Waals surface area contributed by atoms with Crippen LogP contribution in [-0.4, -0.2) is 38.9 Å². The van der Waals surface area contributed by atoms with Crippen LogP contribution in [0.4, 0.5) is 10.8 Å². The van der Waals surface area contributed by atoms with E-state index in [0.717, 1.165) is 29.7 Å². The van der Waals surface area contributed by atoms with Gasteiger partial charge in [-0.1, -0.05) is 35.6 Å². The molecule has 0 aliphatic carbocycles. The number of anilines is 2. The van der Waals surface area contributed by atoms with E-state index in [1.807, 2.05) is 18.2 Å². The van der Waals surface area contributed by atoms with Gasteiger partial charge in [0.15, 0.2) is 5.13 Å². The molecule has 1 N–H and O–H groups in total. The molecule has 166 valence electrons. The Bertz CT molecular complexity index is 1300. The number of carbonyl (C=O) groups excluding carboxylic acids is 2. The zero-order valence-corrected chi connectivity index (χ0v) is 19.1. The number of ether oxygens (including phenoxy) is 1. The standard InChI is InChI=1S/C22H21N3O5S2/c1-14-19(21(27)30-2)31-22(23-14)24-20(26)16-8-5-10-17(13-16)32(28,29)25-12-6-9-15-7-3-4-11-18(15)25/h3-5,7-8,10-11,13H,6,9,12H2,1-2H3,(H,23,24,26). The zero-order chi connectivity index (χ0) is 22.9. The number of sulfonamides is 1. The summed E-state index contributed by atoms with van der Waals surface area (Å²) in [6, 6.07) is 13.3. The number of benzene rings is 2. The Morgan fingerprint density at radius 3 is 2.72 bits per heavy atom. The number of nitrogens with one attached hydrogen (secondary N) is 1. The van der Waals surface area contributed by atoms with Gasteiger partial charge in [0.05, 0.1) is 23.4 Å². The highest BCUT2D eigenvalue weighted by Crippen LogP contribution is 2.32. The van der Waals surface area contributed by atoms with E-state index < -0.39 is 21.9 Å². The molecule has 0 spiro atoms. The van der Waals surface area contributed by atoms with Gasteiger partial charge < -0.3 is 4.74 Å². The first-order chi connectivity index (χ1) is 15.3. The first-order valence-corrected chi connectivity index (χ1v) is 12.1. The Balaban J connectivity index is 1.60. The largest absolute Gasteiger partial charge is 0.465 e. The van der Waals surface area contributed by atoms with Crippen molar-refractivity contribution < 1.29 is 22.7 Å². The van der Waals surface area contributed by atoms with Crippen molar-refractivity contribution in [3.05, 3.63) is 70.2 Å². The van der Waals surface area contributed by atoms with Crippen molar-refractivity contribution in [2.24, 2.45) is 0 Å². The Morgan fingerprint density at radius 1 is 1.16 bits per heavy atom. The van der Waals surface area contributed by atoms with Gasteiger partial charge in [0.2, 0.25) is 0 Å². The van der Waals surface area contributed by atoms with Gasteiger partial charge in [-0.05, 0) is 49.6 Å². The number of aromatic nitrogens is 1. The lowest BCUT2D eigenvalue weighted by molar-refractivity contribution is 0.0605. The predicted molar refractivity (Wildman–Crippen MR) is 122 cm³/mol. The van der Waals surface area contributed by atoms with Crippen LogP contribution in [0.15, 0.2) is 53.4 Å².